The van der Waals surface area contributed by atoms with E-state index in [1.165, 1.54) is 12.1 Å². The number of likely N-dealkylation sites (tertiary alicyclic amines) is 1. The molecule has 3 atom stereocenters. The molecule has 2 aliphatic rings. The second-order valence-electron chi connectivity index (χ2n) is 11.4. The van der Waals surface area contributed by atoms with Crippen LogP contribution in [0.15, 0.2) is 55.1 Å². The molecule has 0 amide bonds. The summed E-state index contributed by atoms with van der Waals surface area (Å²) >= 11 is 0. The minimum atomic E-state index is -1.10. The lowest BCUT2D eigenvalue weighted by atomic mass is 9.85. The van der Waals surface area contributed by atoms with E-state index in [1.807, 2.05) is 26.0 Å². The summed E-state index contributed by atoms with van der Waals surface area (Å²) in [6, 6.07) is 11.6. The van der Waals surface area contributed by atoms with Crippen LogP contribution in [0.4, 0.5) is 8.78 Å². The second-order valence-corrected chi connectivity index (χ2v) is 11.4. The van der Waals surface area contributed by atoms with Crippen LogP contribution in [0.3, 0.4) is 0 Å². The Morgan fingerprint density at radius 1 is 1.07 bits per heavy atom. The highest BCUT2D eigenvalue weighted by Gasteiger charge is 2.41. The highest BCUT2D eigenvalue weighted by atomic mass is 19.1. The van der Waals surface area contributed by atoms with Crippen LogP contribution < -0.4 is 4.74 Å². The Bertz CT molecular complexity index is 1190. The Hall–Kier alpha value is -2.90. The lowest BCUT2D eigenvalue weighted by Crippen LogP contribution is -2.44. The summed E-state index contributed by atoms with van der Waals surface area (Å²) in [5.74, 6) is -1.32. The molecule has 4 rings (SSSR count). The van der Waals surface area contributed by atoms with Crippen LogP contribution in [0.5, 0.6) is 5.75 Å². The first-order valence-corrected chi connectivity index (χ1v) is 14.5. The number of aliphatic hydroxyl groups excluding tert-OH is 1. The summed E-state index contributed by atoms with van der Waals surface area (Å²) in [5.41, 5.74) is 0.114. The average molecular weight is 554 g/mol. The van der Waals surface area contributed by atoms with E-state index in [4.69, 9.17) is 4.74 Å². The molecule has 5 nitrogen and oxygen atoms in total. The van der Waals surface area contributed by atoms with Gasteiger partial charge < -0.3 is 14.7 Å². The molecule has 7 heteroatoms. The third-order valence-electron chi connectivity index (χ3n) is 8.83. The molecular weight excluding hydrogens is 512 g/mol. The molecule has 0 radical (unpaired) electrons. The van der Waals surface area contributed by atoms with Crippen molar-refractivity contribution in [2.75, 3.05) is 26.2 Å². The van der Waals surface area contributed by atoms with Crippen molar-refractivity contribution in [2.24, 2.45) is 17.8 Å². The maximum absolute atomic E-state index is 15.1. The van der Waals surface area contributed by atoms with Crippen molar-refractivity contribution in [3.05, 3.63) is 66.5 Å². The van der Waals surface area contributed by atoms with Gasteiger partial charge in [-0.1, -0.05) is 44.7 Å². The average Bonchev–Trinajstić information content (AvgIpc) is 3.37. The molecule has 2 fully saturated rings. The number of allylic oxidation sites excluding steroid dienone is 1. The quantitative estimate of drug-likeness (QED) is 0.242. The number of hydrogen-bond donors (Lipinski definition) is 1. The summed E-state index contributed by atoms with van der Waals surface area (Å²) in [7, 11) is 0. The molecule has 2 unspecified atom stereocenters. The predicted octanol–water partition coefficient (Wildman–Crippen LogP) is 6.44. The van der Waals surface area contributed by atoms with Crippen LogP contribution >= 0.6 is 0 Å². The highest BCUT2D eigenvalue weighted by Crippen LogP contribution is 2.36. The number of ketones is 2. The number of carbonyl (C=O) groups excluding carboxylic acids is 2. The van der Waals surface area contributed by atoms with Gasteiger partial charge in [0.05, 0.1) is 12.7 Å². The number of piperidine rings is 1. The third kappa shape index (κ3) is 7.05. The molecule has 1 aliphatic carbocycles. The summed E-state index contributed by atoms with van der Waals surface area (Å²) in [4.78, 5) is 27.5. The van der Waals surface area contributed by atoms with Gasteiger partial charge >= 0.3 is 0 Å². The fourth-order valence-corrected chi connectivity index (χ4v) is 6.01. The van der Waals surface area contributed by atoms with Gasteiger partial charge in [0.1, 0.15) is 17.2 Å². The van der Waals surface area contributed by atoms with Crippen molar-refractivity contribution in [3.63, 3.8) is 0 Å². The van der Waals surface area contributed by atoms with Crippen molar-refractivity contribution >= 4 is 11.6 Å². The van der Waals surface area contributed by atoms with Gasteiger partial charge in [0, 0.05) is 29.5 Å². The highest BCUT2D eigenvalue weighted by molar-refractivity contribution is 6.03. The molecule has 1 saturated carbocycles. The zero-order valence-electron chi connectivity index (χ0n) is 23.6. The van der Waals surface area contributed by atoms with Crippen LogP contribution in [-0.2, 0) is 4.79 Å². The van der Waals surface area contributed by atoms with Gasteiger partial charge in [0.15, 0.2) is 11.6 Å². The smallest absolute Gasteiger partial charge is 0.166 e. The van der Waals surface area contributed by atoms with Crippen molar-refractivity contribution in [2.45, 2.75) is 64.1 Å². The van der Waals surface area contributed by atoms with Gasteiger partial charge in [0.25, 0.3) is 0 Å². The maximum atomic E-state index is 15.1. The van der Waals surface area contributed by atoms with Gasteiger partial charge in [-0.3, -0.25) is 9.59 Å². The summed E-state index contributed by atoms with van der Waals surface area (Å²) in [6.45, 7) is 10.2. The normalized spacial score (nSPS) is 22.3. The van der Waals surface area contributed by atoms with Crippen molar-refractivity contribution in [1.82, 2.24) is 4.90 Å². The zero-order chi connectivity index (χ0) is 28.9. The third-order valence-corrected chi connectivity index (χ3v) is 8.83. The van der Waals surface area contributed by atoms with E-state index in [0.29, 0.717) is 48.8 Å². The maximum Gasteiger partial charge on any atom is 0.166 e. The van der Waals surface area contributed by atoms with Gasteiger partial charge in [-0.2, -0.15) is 0 Å². The number of rotatable bonds is 12. The molecule has 0 bridgehead atoms. The summed E-state index contributed by atoms with van der Waals surface area (Å²) < 4.78 is 35.9. The van der Waals surface area contributed by atoms with E-state index in [0.717, 1.165) is 25.9 Å². The lowest BCUT2D eigenvalue weighted by Gasteiger charge is -2.36. The fourth-order valence-electron chi connectivity index (χ4n) is 6.01. The number of nitrogens with zero attached hydrogens (tertiary/aromatic N) is 1. The number of ether oxygens (including phenoxy) is 1. The number of carbonyl (C=O) groups is 2. The van der Waals surface area contributed by atoms with Crippen LogP contribution in [0.2, 0.25) is 0 Å². The number of benzene rings is 2. The first-order chi connectivity index (χ1) is 19.2. The van der Waals surface area contributed by atoms with E-state index in [2.05, 4.69) is 11.5 Å². The largest absolute Gasteiger partial charge is 0.493 e. The predicted molar refractivity (Wildman–Crippen MR) is 153 cm³/mol. The molecule has 1 aliphatic heterocycles. The van der Waals surface area contributed by atoms with Crippen molar-refractivity contribution in [1.29, 1.82) is 0 Å². The van der Waals surface area contributed by atoms with Crippen molar-refractivity contribution < 1.29 is 28.2 Å². The minimum Gasteiger partial charge on any atom is -0.493 e. The van der Waals surface area contributed by atoms with Crippen LogP contribution in [0.25, 0.3) is 11.1 Å². The molecule has 40 heavy (non-hydrogen) atoms. The van der Waals surface area contributed by atoms with Gasteiger partial charge in [0.2, 0.25) is 0 Å². The van der Waals surface area contributed by atoms with Crippen LogP contribution in [0.1, 0.15) is 62.7 Å². The van der Waals surface area contributed by atoms with E-state index in [-0.39, 0.29) is 30.0 Å². The van der Waals surface area contributed by atoms with E-state index in [1.54, 1.807) is 24.3 Å². The molecule has 2 aromatic rings. The van der Waals surface area contributed by atoms with Gasteiger partial charge in [-0.25, -0.2) is 8.78 Å². The van der Waals surface area contributed by atoms with Gasteiger partial charge in [-0.15, -0.1) is 0 Å². The molecule has 0 aromatic heterocycles. The molecule has 0 spiro atoms. The van der Waals surface area contributed by atoms with Crippen molar-refractivity contribution in [3.8, 4) is 16.9 Å². The Balaban J connectivity index is 1.32. The van der Waals surface area contributed by atoms with Gasteiger partial charge in [-0.05, 0) is 87.4 Å². The van der Waals surface area contributed by atoms with E-state index in [9.17, 15) is 19.1 Å². The number of Topliss-reactive ketones (excluding diaryl/α,β-unsaturated/α-hetero) is 1. The molecule has 1 heterocycles. The lowest BCUT2D eigenvalue weighted by molar-refractivity contribution is -0.119. The Labute approximate surface area is 236 Å². The van der Waals surface area contributed by atoms with Crippen LogP contribution in [0, 0.1) is 23.6 Å². The number of halogens is 2. The summed E-state index contributed by atoms with van der Waals surface area (Å²) in [5, 5.41) is 10.0. The zero-order valence-corrected chi connectivity index (χ0v) is 23.6. The molecule has 216 valence electrons. The first-order valence-electron chi connectivity index (χ1n) is 14.5. The Kier molecular flexibility index (Phi) is 9.90. The number of alkyl halides is 1. The van der Waals surface area contributed by atoms with Crippen LogP contribution in [-0.4, -0.2) is 59.6 Å². The monoisotopic (exact) mass is 553 g/mol. The fraction of sp³-hybridized carbons (Fsp3) is 0.515. The number of hydrogen-bond acceptors (Lipinski definition) is 5. The first kappa shape index (κ1) is 30.1. The standard InChI is InChI=1S/C33H41F2NO4/c1-4-31(38)28-18-25(37)19-29(28)32(39)24-9-12-27(30(34)17-24)23-7-10-26(11-8-23)40-20-22-13-15-36(16-14-22)21-33(35,5-2)6-3/h4,7-12,17,22,25,28-29,37H,1,5-6,13-16,18-21H2,2-3H3/t25-,28?,29?/m1/s1. The van der Waals surface area contributed by atoms with E-state index >= 15 is 4.39 Å². The summed E-state index contributed by atoms with van der Waals surface area (Å²) in [6.07, 6.45) is 3.87. The second kappa shape index (κ2) is 13.2. The molecule has 1 saturated heterocycles. The molecular formula is C33H41F2NO4. The number of aliphatic hydroxyl groups is 1. The Morgan fingerprint density at radius 3 is 2.33 bits per heavy atom. The minimum absolute atomic E-state index is 0.184. The molecule has 1 N–H and O–H groups in total. The van der Waals surface area contributed by atoms with E-state index < -0.39 is 29.4 Å². The SMILES string of the molecule is C=CC(=O)C1C[C@@H](O)CC1C(=O)c1ccc(-c2ccc(OCC3CCN(CC(F)(CC)CC)CC3)cc2)c(F)c1. The molecule has 2 aromatic carbocycles. The topological polar surface area (TPSA) is 66.8 Å². The Morgan fingerprint density at radius 2 is 1.73 bits per heavy atom.